The summed E-state index contributed by atoms with van der Waals surface area (Å²) in [6.45, 7) is 1.62. The van der Waals surface area contributed by atoms with Crippen LogP contribution in [-0.4, -0.2) is 19.4 Å². The molecule has 0 aromatic heterocycles. The van der Waals surface area contributed by atoms with Crippen molar-refractivity contribution in [1.82, 2.24) is 0 Å². The van der Waals surface area contributed by atoms with Gasteiger partial charge in [-0.15, -0.1) is 0 Å². The van der Waals surface area contributed by atoms with E-state index in [1.807, 2.05) is 0 Å². The Morgan fingerprint density at radius 1 is 1.12 bits per heavy atom. The molecule has 1 aliphatic heterocycles. The third-order valence-electron chi connectivity index (χ3n) is 4.41. The summed E-state index contributed by atoms with van der Waals surface area (Å²) in [6, 6.07) is 3.70. The van der Waals surface area contributed by atoms with E-state index in [9.17, 15) is 34.8 Å². The summed E-state index contributed by atoms with van der Waals surface area (Å²) in [5.74, 6) is -0.650. The molecule has 1 heterocycles. The minimum atomic E-state index is -6.45. The fourth-order valence-corrected chi connectivity index (χ4v) is 7.77. The van der Waals surface area contributed by atoms with Crippen molar-refractivity contribution in [3.8, 4) is 0 Å². The van der Waals surface area contributed by atoms with Crippen LogP contribution in [0.4, 0.5) is 26.3 Å². The van der Waals surface area contributed by atoms with E-state index in [0.717, 1.165) is 12.1 Å². The molecule has 146 valence electrons. The lowest BCUT2D eigenvalue weighted by Gasteiger charge is -2.43. The van der Waals surface area contributed by atoms with Crippen LogP contribution in [0.15, 0.2) is 28.0 Å². The minimum absolute atomic E-state index is 0.0524. The third kappa shape index (κ3) is 2.84. The predicted molar refractivity (Wildman–Crippen MR) is 84.5 cm³/mol. The Morgan fingerprint density at radius 2 is 1.73 bits per heavy atom. The molecule has 0 spiro atoms. The van der Waals surface area contributed by atoms with Crippen LogP contribution in [0, 0.1) is 12.8 Å². The van der Waals surface area contributed by atoms with E-state index >= 15 is 0 Å². The predicted octanol–water partition coefficient (Wildman–Crippen LogP) is 5.61. The maximum Gasteiger partial charge on any atom is 0.523 e. The van der Waals surface area contributed by atoms with Gasteiger partial charge in [0.15, 0.2) is 0 Å². The Labute approximate surface area is 147 Å². The zero-order valence-corrected chi connectivity index (χ0v) is 15.0. The fourth-order valence-electron chi connectivity index (χ4n) is 3.00. The molecule has 1 unspecified atom stereocenters. The van der Waals surface area contributed by atoms with Crippen molar-refractivity contribution in [2.45, 2.75) is 42.1 Å². The Bertz CT molecular complexity index is 868. The lowest BCUT2D eigenvalue weighted by Crippen LogP contribution is -2.34. The topological polar surface area (TPSA) is 43.4 Å². The second-order valence-electron chi connectivity index (χ2n) is 6.19. The van der Waals surface area contributed by atoms with Crippen LogP contribution in [0.2, 0.25) is 0 Å². The first kappa shape index (κ1) is 19.6. The maximum absolute atomic E-state index is 14.1. The third-order valence-corrected chi connectivity index (χ3v) is 9.27. The van der Waals surface area contributed by atoms with Crippen LogP contribution in [0.25, 0.3) is 6.08 Å². The van der Waals surface area contributed by atoms with Crippen molar-refractivity contribution in [1.29, 1.82) is 0 Å². The van der Waals surface area contributed by atoms with Crippen LogP contribution < -0.4 is 0 Å². The number of allylic oxidation sites excluding steroid dienone is 1. The van der Waals surface area contributed by atoms with Crippen LogP contribution in [0.3, 0.4) is 0 Å². The van der Waals surface area contributed by atoms with Crippen molar-refractivity contribution >= 4 is 26.5 Å². The molecule has 3 rings (SSSR count). The largest absolute Gasteiger partial charge is 0.523 e. The second kappa shape index (κ2) is 5.90. The van der Waals surface area contributed by atoms with Gasteiger partial charge < -0.3 is 0 Å². The van der Waals surface area contributed by atoms with Crippen molar-refractivity contribution in [2.75, 3.05) is 0 Å². The van der Waals surface area contributed by atoms with E-state index in [1.54, 1.807) is 6.92 Å². The molecule has 0 saturated heterocycles. The van der Waals surface area contributed by atoms with Crippen molar-refractivity contribution in [3.63, 3.8) is 0 Å². The molecule has 0 bridgehead atoms. The molecule has 0 amide bonds. The van der Waals surface area contributed by atoms with Gasteiger partial charge in [-0.05, 0) is 43.4 Å². The molecular formula is C15H14F6O3S2. The monoisotopic (exact) mass is 420 g/mol. The van der Waals surface area contributed by atoms with Crippen molar-refractivity contribution in [3.05, 3.63) is 34.2 Å². The molecule has 1 atom stereocenters. The van der Waals surface area contributed by atoms with E-state index in [0.29, 0.717) is 24.8 Å². The highest BCUT2D eigenvalue weighted by Crippen LogP contribution is 2.80. The van der Waals surface area contributed by atoms with Gasteiger partial charge in [0.2, 0.25) is 0 Å². The average molecular weight is 420 g/mol. The standard InChI is InChI=1S/C15H14F6O3S2/c1-9-5-6-12-11(7-9)8-13(10-3-2-4-10)25(12,14(16,17)18)24-26(22,23)15(19,20)21/h5-8,10H,2-4H2,1H3. The quantitative estimate of drug-likeness (QED) is 0.471. The Kier molecular flexibility index (Phi) is 4.44. The molecule has 1 saturated carbocycles. The van der Waals surface area contributed by atoms with E-state index < -0.39 is 47.2 Å². The van der Waals surface area contributed by atoms with Gasteiger partial charge in [0.1, 0.15) is 0 Å². The molecule has 11 heteroatoms. The summed E-state index contributed by atoms with van der Waals surface area (Å²) >= 11 is 0. The lowest BCUT2D eigenvalue weighted by molar-refractivity contribution is -0.0547. The van der Waals surface area contributed by atoms with Crippen LogP contribution in [0.1, 0.15) is 30.4 Å². The number of benzene rings is 1. The lowest BCUT2D eigenvalue weighted by atomic mass is 9.84. The first-order chi connectivity index (χ1) is 11.8. The molecule has 1 aliphatic carbocycles. The SMILES string of the molecule is Cc1ccc2c(c1)C=C(C1CCC1)S2(OS(=O)(=O)C(F)(F)F)C(F)(F)F. The molecule has 3 nitrogen and oxygen atoms in total. The molecule has 1 fully saturated rings. The zero-order chi connectivity index (χ0) is 19.5. The van der Waals surface area contributed by atoms with E-state index in [1.165, 1.54) is 12.1 Å². The number of hydrogen-bond acceptors (Lipinski definition) is 3. The van der Waals surface area contributed by atoms with Crippen molar-refractivity contribution < 1.29 is 38.4 Å². The molecular weight excluding hydrogens is 406 g/mol. The first-order valence-corrected chi connectivity index (χ1v) is 10.5. The minimum Gasteiger partial charge on any atom is -0.196 e. The van der Waals surface area contributed by atoms with Gasteiger partial charge in [0.25, 0.3) is 0 Å². The van der Waals surface area contributed by atoms with E-state index in [4.69, 9.17) is 0 Å². The molecule has 0 radical (unpaired) electrons. The van der Waals surface area contributed by atoms with Gasteiger partial charge in [-0.1, -0.05) is 24.1 Å². The Balaban J connectivity index is 2.27. The molecule has 1 aromatic carbocycles. The summed E-state index contributed by atoms with van der Waals surface area (Å²) in [6.07, 6.45) is 2.47. The summed E-state index contributed by atoms with van der Waals surface area (Å²) in [5.41, 5.74) is -10.6. The molecule has 26 heavy (non-hydrogen) atoms. The highest BCUT2D eigenvalue weighted by molar-refractivity contribution is 8.37. The van der Waals surface area contributed by atoms with Gasteiger partial charge in [0, 0.05) is 20.1 Å². The van der Waals surface area contributed by atoms with Crippen LogP contribution in [0.5, 0.6) is 0 Å². The number of hydrogen-bond donors (Lipinski definition) is 0. The number of halogens is 6. The summed E-state index contributed by atoms with van der Waals surface area (Å²) in [7, 11) is -11.3. The van der Waals surface area contributed by atoms with Gasteiger partial charge in [-0.3, -0.25) is 0 Å². The van der Waals surface area contributed by atoms with Gasteiger partial charge >= 0.3 is 21.1 Å². The number of aryl methyl sites for hydroxylation is 1. The molecule has 0 N–H and O–H groups in total. The second-order valence-corrected chi connectivity index (χ2v) is 10.6. The van der Waals surface area contributed by atoms with Gasteiger partial charge in [-0.25, -0.2) is 0 Å². The summed E-state index contributed by atoms with van der Waals surface area (Å²) in [4.78, 5) is -0.949. The number of rotatable bonds is 3. The van der Waals surface area contributed by atoms with Crippen LogP contribution in [-0.2, 0) is 13.7 Å². The van der Waals surface area contributed by atoms with Crippen molar-refractivity contribution in [2.24, 2.45) is 5.92 Å². The smallest absolute Gasteiger partial charge is 0.196 e. The number of fused-ring (bicyclic) bond motifs is 1. The highest BCUT2D eigenvalue weighted by atomic mass is 32.3. The zero-order valence-electron chi connectivity index (χ0n) is 13.3. The Morgan fingerprint density at radius 3 is 2.19 bits per heavy atom. The normalized spacial score (nSPS) is 26.7. The first-order valence-electron chi connectivity index (χ1n) is 7.54. The van der Waals surface area contributed by atoms with Gasteiger partial charge in [-0.2, -0.15) is 38.4 Å². The maximum atomic E-state index is 14.1. The highest BCUT2D eigenvalue weighted by Gasteiger charge is 2.65. The average Bonchev–Trinajstić information content (AvgIpc) is 2.69. The Hall–Kier alpha value is -1.20. The van der Waals surface area contributed by atoms with E-state index in [-0.39, 0.29) is 5.56 Å². The fraction of sp³-hybridized carbons (Fsp3) is 0.467. The van der Waals surface area contributed by atoms with Crippen LogP contribution >= 0.6 is 10.3 Å². The molecule has 2 aliphatic rings. The van der Waals surface area contributed by atoms with E-state index in [2.05, 4.69) is 3.63 Å². The summed E-state index contributed by atoms with van der Waals surface area (Å²) in [5, 5.41) is 0. The molecule has 1 aromatic rings. The van der Waals surface area contributed by atoms with Gasteiger partial charge in [0.05, 0.1) is 0 Å². The summed E-state index contributed by atoms with van der Waals surface area (Å²) < 4.78 is 108. The number of alkyl halides is 6.